The third-order valence-electron chi connectivity index (χ3n) is 2.12. The van der Waals surface area contributed by atoms with Gasteiger partial charge in [-0.2, -0.15) is 5.10 Å². The van der Waals surface area contributed by atoms with Gasteiger partial charge in [-0.1, -0.05) is 23.7 Å². The molecule has 4 heteroatoms. The molecule has 0 radical (unpaired) electrons. The summed E-state index contributed by atoms with van der Waals surface area (Å²) in [5.41, 5.74) is 4.55. The minimum atomic E-state index is 0.223. The van der Waals surface area contributed by atoms with Gasteiger partial charge in [-0.25, -0.2) is 0 Å². The first-order valence-electron chi connectivity index (χ1n) is 5.08. The Hall–Kier alpha value is -2.00. The highest BCUT2D eigenvalue weighted by atomic mass is 35.5. The summed E-state index contributed by atoms with van der Waals surface area (Å²) in [6, 6.07) is 14.1. The molecule has 17 heavy (non-hydrogen) atoms. The number of hydrogen-bond acceptors (Lipinski definition) is 3. The number of rotatable bonds is 3. The molecular formula is C13H11ClN2O. The number of nitrogens with one attached hydrogen (secondary N) is 1. The van der Waals surface area contributed by atoms with Crippen LogP contribution in [0.5, 0.6) is 5.75 Å². The topological polar surface area (TPSA) is 44.6 Å². The molecule has 2 aromatic carbocycles. The minimum Gasteiger partial charge on any atom is -0.508 e. The van der Waals surface area contributed by atoms with Crippen molar-refractivity contribution in [3.05, 3.63) is 59.1 Å². The van der Waals surface area contributed by atoms with E-state index in [9.17, 15) is 5.11 Å². The van der Waals surface area contributed by atoms with Crippen molar-refractivity contribution in [2.75, 3.05) is 5.43 Å². The lowest BCUT2D eigenvalue weighted by Crippen LogP contribution is -1.89. The highest BCUT2D eigenvalue weighted by Crippen LogP contribution is 2.13. The first kappa shape index (κ1) is 11.5. The van der Waals surface area contributed by atoms with Crippen LogP contribution in [0.3, 0.4) is 0 Å². The number of phenols is 1. The molecule has 2 rings (SSSR count). The molecule has 0 saturated carbocycles. The van der Waals surface area contributed by atoms with Gasteiger partial charge in [0.1, 0.15) is 5.75 Å². The lowest BCUT2D eigenvalue weighted by Gasteiger charge is -1.99. The van der Waals surface area contributed by atoms with Gasteiger partial charge in [0.15, 0.2) is 0 Å². The van der Waals surface area contributed by atoms with E-state index in [4.69, 9.17) is 11.6 Å². The van der Waals surface area contributed by atoms with E-state index in [2.05, 4.69) is 10.5 Å². The molecule has 0 heterocycles. The fraction of sp³-hybridized carbons (Fsp3) is 0. The van der Waals surface area contributed by atoms with Gasteiger partial charge >= 0.3 is 0 Å². The molecule has 0 aliphatic carbocycles. The van der Waals surface area contributed by atoms with Gasteiger partial charge in [0.2, 0.25) is 0 Å². The number of nitrogens with zero attached hydrogens (tertiary/aromatic N) is 1. The van der Waals surface area contributed by atoms with Crippen LogP contribution in [-0.2, 0) is 0 Å². The largest absolute Gasteiger partial charge is 0.508 e. The number of aromatic hydroxyl groups is 1. The monoisotopic (exact) mass is 246 g/mol. The highest BCUT2D eigenvalue weighted by Gasteiger charge is 1.91. The zero-order chi connectivity index (χ0) is 12.1. The quantitative estimate of drug-likeness (QED) is 0.643. The van der Waals surface area contributed by atoms with Crippen LogP contribution in [0.15, 0.2) is 53.6 Å². The Morgan fingerprint density at radius 3 is 2.59 bits per heavy atom. The van der Waals surface area contributed by atoms with E-state index in [0.29, 0.717) is 5.02 Å². The van der Waals surface area contributed by atoms with Gasteiger partial charge in [-0.15, -0.1) is 0 Å². The predicted octanol–water partition coefficient (Wildman–Crippen LogP) is 3.49. The number of hydrazone groups is 1. The van der Waals surface area contributed by atoms with Gasteiger partial charge in [0, 0.05) is 5.02 Å². The Labute approximate surface area is 104 Å². The van der Waals surface area contributed by atoms with Crippen molar-refractivity contribution in [3.63, 3.8) is 0 Å². The summed E-state index contributed by atoms with van der Waals surface area (Å²) < 4.78 is 0. The molecule has 0 bridgehead atoms. The van der Waals surface area contributed by atoms with E-state index in [0.717, 1.165) is 11.3 Å². The van der Waals surface area contributed by atoms with Crippen LogP contribution in [0, 0.1) is 0 Å². The molecule has 86 valence electrons. The van der Waals surface area contributed by atoms with Crippen LogP contribution >= 0.6 is 11.6 Å². The van der Waals surface area contributed by atoms with Crippen molar-refractivity contribution >= 4 is 23.5 Å². The van der Waals surface area contributed by atoms with Crippen molar-refractivity contribution in [1.29, 1.82) is 0 Å². The van der Waals surface area contributed by atoms with Crippen molar-refractivity contribution in [2.45, 2.75) is 0 Å². The lowest BCUT2D eigenvalue weighted by molar-refractivity contribution is 0.475. The second-order valence-corrected chi connectivity index (χ2v) is 3.91. The Balaban J connectivity index is 2.00. The van der Waals surface area contributed by atoms with E-state index >= 15 is 0 Å². The summed E-state index contributed by atoms with van der Waals surface area (Å²) in [6.07, 6.45) is 1.63. The molecule has 0 aliphatic heterocycles. The van der Waals surface area contributed by atoms with Crippen LogP contribution in [0.2, 0.25) is 5.02 Å². The van der Waals surface area contributed by atoms with E-state index in [1.807, 2.05) is 18.2 Å². The Morgan fingerprint density at radius 1 is 1.12 bits per heavy atom. The average molecular weight is 247 g/mol. The van der Waals surface area contributed by atoms with Gasteiger partial charge in [-0.05, 0) is 42.0 Å². The highest BCUT2D eigenvalue weighted by molar-refractivity contribution is 6.30. The SMILES string of the molecule is Oc1cccc(C=NNc2ccc(Cl)cc2)c1. The third kappa shape index (κ3) is 3.50. The molecule has 0 saturated heterocycles. The normalized spacial score (nSPS) is 10.6. The lowest BCUT2D eigenvalue weighted by atomic mass is 10.2. The van der Waals surface area contributed by atoms with E-state index < -0.39 is 0 Å². The fourth-order valence-corrected chi connectivity index (χ4v) is 1.44. The van der Waals surface area contributed by atoms with Crippen molar-refractivity contribution < 1.29 is 5.11 Å². The molecule has 2 aromatic rings. The van der Waals surface area contributed by atoms with Gasteiger partial charge in [0.25, 0.3) is 0 Å². The summed E-state index contributed by atoms with van der Waals surface area (Å²) in [4.78, 5) is 0. The number of hydrogen-bond donors (Lipinski definition) is 2. The smallest absolute Gasteiger partial charge is 0.116 e. The summed E-state index contributed by atoms with van der Waals surface area (Å²) in [7, 11) is 0. The molecular weight excluding hydrogens is 236 g/mol. The zero-order valence-corrected chi connectivity index (χ0v) is 9.72. The maximum Gasteiger partial charge on any atom is 0.116 e. The second kappa shape index (κ2) is 5.37. The van der Waals surface area contributed by atoms with E-state index in [1.165, 1.54) is 0 Å². The van der Waals surface area contributed by atoms with Crippen LogP contribution < -0.4 is 5.43 Å². The maximum absolute atomic E-state index is 9.26. The average Bonchev–Trinajstić information content (AvgIpc) is 2.32. The Morgan fingerprint density at radius 2 is 1.88 bits per heavy atom. The van der Waals surface area contributed by atoms with Crippen molar-refractivity contribution in [2.24, 2.45) is 5.10 Å². The number of halogens is 1. The van der Waals surface area contributed by atoms with Crippen LogP contribution in [-0.4, -0.2) is 11.3 Å². The molecule has 0 fully saturated rings. The summed E-state index contributed by atoms with van der Waals surface area (Å²) in [6.45, 7) is 0. The van der Waals surface area contributed by atoms with E-state index in [-0.39, 0.29) is 5.75 Å². The minimum absolute atomic E-state index is 0.223. The number of phenolic OH excluding ortho intramolecular Hbond substituents is 1. The molecule has 0 atom stereocenters. The second-order valence-electron chi connectivity index (χ2n) is 3.47. The Bertz CT molecular complexity index is 523. The van der Waals surface area contributed by atoms with E-state index in [1.54, 1.807) is 36.5 Å². The first-order valence-corrected chi connectivity index (χ1v) is 5.45. The molecule has 0 unspecified atom stereocenters. The summed E-state index contributed by atoms with van der Waals surface area (Å²) in [5.74, 6) is 0.223. The molecule has 0 aromatic heterocycles. The maximum atomic E-state index is 9.26. The summed E-state index contributed by atoms with van der Waals surface area (Å²) in [5, 5.41) is 14.0. The third-order valence-corrected chi connectivity index (χ3v) is 2.37. The van der Waals surface area contributed by atoms with Crippen LogP contribution in [0.4, 0.5) is 5.69 Å². The molecule has 0 spiro atoms. The number of anilines is 1. The van der Waals surface area contributed by atoms with Crippen molar-refractivity contribution in [1.82, 2.24) is 0 Å². The first-order chi connectivity index (χ1) is 8.24. The Kier molecular flexibility index (Phi) is 3.62. The fourth-order valence-electron chi connectivity index (χ4n) is 1.31. The molecule has 3 nitrogen and oxygen atoms in total. The molecule has 0 aliphatic rings. The predicted molar refractivity (Wildman–Crippen MR) is 70.8 cm³/mol. The zero-order valence-electron chi connectivity index (χ0n) is 8.97. The van der Waals surface area contributed by atoms with Gasteiger partial charge in [0.05, 0.1) is 11.9 Å². The standard InChI is InChI=1S/C13H11ClN2O/c14-11-4-6-12(7-5-11)16-15-9-10-2-1-3-13(17)8-10/h1-9,16-17H. The van der Waals surface area contributed by atoms with Crippen LogP contribution in [0.1, 0.15) is 5.56 Å². The molecule has 0 amide bonds. The summed E-state index contributed by atoms with van der Waals surface area (Å²) >= 11 is 5.77. The van der Waals surface area contributed by atoms with Gasteiger partial charge in [-0.3, -0.25) is 5.43 Å². The number of benzene rings is 2. The molecule has 2 N–H and O–H groups in total. The van der Waals surface area contributed by atoms with Crippen LogP contribution in [0.25, 0.3) is 0 Å². The van der Waals surface area contributed by atoms with Crippen molar-refractivity contribution in [3.8, 4) is 5.75 Å². The van der Waals surface area contributed by atoms with Gasteiger partial charge < -0.3 is 5.11 Å².